The molecule has 1 aromatic carbocycles. The largest absolute Gasteiger partial charge is 0.390 e. The van der Waals surface area contributed by atoms with Crippen LogP contribution in [0.3, 0.4) is 0 Å². The molecule has 2 N–H and O–H groups in total. The third-order valence-electron chi connectivity index (χ3n) is 3.19. The van der Waals surface area contributed by atoms with Gasteiger partial charge in [0.2, 0.25) is 10.0 Å². The number of benzene rings is 1. The minimum absolute atomic E-state index is 0.00328. The number of rotatable bonds is 3. The molecule has 2 rings (SSSR count). The van der Waals surface area contributed by atoms with Crippen LogP contribution in [0.25, 0.3) is 0 Å². The van der Waals surface area contributed by atoms with Gasteiger partial charge in [-0.1, -0.05) is 29.3 Å². The Hall–Kier alpha value is -0.370. The average Bonchev–Trinajstić information content (AvgIpc) is 2.77. The smallest absolute Gasteiger partial charge is 0.244 e. The van der Waals surface area contributed by atoms with Crippen LogP contribution in [0.4, 0.5) is 0 Å². The van der Waals surface area contributed by atoms with Crippen LogP contribution in [0.2, 0.25) is 10.0 Å². The number of sulfonamides is 1. The highest BCUT2D eigenvalue weighted by Gasteiger charge is 2.36. The summed E-state index contributed by atoms with van der Waals surface area (Å²) in [5, 5.41) is 12.9. The molecule has 0 radical (unpaired) electrons. The van der Waals surface area contributed by atoms with Gasteiger partial charge in [-0.25, -0.2) is 8.42 Å². The lowest BCUT2D eigenvalue weighted by molar-refractivity contribution is 0.136. The SMILES string of the molecule is CN([C@@H]1CNC[C@H]1O)S(=O)(=O)c1cccc(Cl)c1Cl. The first-order valence-corrected chi connectivity index (χ1v) is 7.86. The van der Waals surface area contributed by atoms with Gasteiger partial charge in [0.1, 0.15) is 4.90 Å². The van der Waals surface area contributed by atoms with Crippen LogP contribution in [-0.2, 0) is 10.0 Å². The number of nitrogens with one attached hydrogen (secondary N) is 1. The molecule has 5 nitrogen and oxygen atoms in total. The predicted molar refractivity (Wildman–Crippen MR) is 74.1 cm³/mol. The van der Waals surface area contributed by atoms with E-state index in [-0.39, 0.29) is 14.9 Å². The van der Waals surface area contributed by atoms with Crippen LogP contribution in [0.5, 0.6) is 0 Å². The van der Waals surface area contributed by atoms with Gasteiger partial charge >= 0.3 is 0 Å². The third-order valence-corrected chi connectivity index (χ3v) is 6.05. The maximum absolute atomic E-state index is 12.5. The van der Waals surface area contributed by atoms with Crippen LogP contribution in [0.15, 0.2) is 23.1 Å². The number of aliphatic hydroxyl groups excluding tert-OH is 1. The number of halogens is 2. The van der Waals surface area contributed by atoms with Crippen LogP contribution in [0, 0.1) is 0 Å². The summed E-state index contributed by atoms with van der Waals surface area (Å²) in [6.07, 6.45) is -0.738. The van der Waals surface area contributed by atoms with Gasteiger partial charge in [-0.15, -0.1) is 0 Å². The summed E-state index contributed by atoms with van der Waals surface area (Å²) in [6.45, 7) is 0.767. The van der Waals surface area contributed by atoms with E-state index in [1.165, 1.54) is 25.2 Å². The van der Waals surface area contributed by atoms with Crippen molar-refractivity contribution in [1.29, 1.82) is 0 Å². The highest BCUT2D eigenvalue weighted by Crippen LogP contribution is 2.31. The highest BCUT2D eigenvalue weighted by atomic mass is 35.5. The first-order chi connectivity index (χ1) is 8.85. The number of aliphatic hydroxyl groups is 1. The van der Waals surface area contributed by atoms with Gasteiger partial charge in [0.15, 0.2) is 0 Å². The Morgan fingerprint density at radius 2 is 2.05 bits per heavy atom. The van der Waals surface area contributed by atoms with Crippen LogP contribution in [0.1, 0.15) is 0 Å². The molecule has 1 aliphatic rings. The van der Waals surface area contributed by atoms with E-state index in [1.807, 2.05) is 0 Å². The molecule has 1 aliphatic heterocycles. The van der Waals surface area contributed by atoms with Crippen molar-refractivity contribution in [2.24, 2.45) is 0 Å². The summed E-state index contributed by atoms with van der Waals surface area (Å²) >= 11 is 11.8. The molecule has 1 aromatic rings. The van der Waals surface area contributed by atoms with Gasteiger partial charge < -0.3 is 10.4 Å². The van der Waals surface area contributed by atoms with E-state index in [9.17, 15) is 13.5 Å². The fourth-order valence-electron chi connectivity index (χ4n) is 2.04. The second-order valence-corrected chi connectivity index (χ2v) is 7.12. The van der Waals surface area contributed by atoms with Crippen LogP contribution >= 0.6 is 23.2 Å². The lowest BCUT2D eigenvalue weighted by Gasteiger charge is -2.26. The van der Waals surface area contributed by atoms with E-state index in [0.717, 1.165) is 4.31 Å². The van der Waals surface area contributed by atoms with Gasteiger partial charge in [-0.3, -0.25) is 0 Å². The van der Waals surface area contributed by atoms with E-state index < -0.39 is 22.2 Å². The maximum atomic E-state index is 12.5. The number of nitrogens with zero attached hydrogens (tertiary/aromatic N) is 1. The molecule has 0 amide bonds. The Kier molecular flexibility index (Phi) is 4.39. The molecule has 1 heterocycles. The molecule has 0 aromatic heterocycles. The fourth-order valence-corrected chi connectivity index (χ4v) is 4.16. The Labute approximate surface area is 122 Å². The molecule has 0 bridgehead atoms. The first kappa shape index (κ1) is 15.0. The van der Waals surface area contributed by atoms with Crippen molar-refractivity contribution in [3.63, 3.8) is 0 Å². The monoisotopic (exact) mass is 324 g/mol. The van der Waals surface area contributed by atoms with Gasteiger partial charge in [0.05, 0.1) is 22.2 Å². The molecule has 0 aliphatic carbocycles. The molecule has 8 heteroatoms. The molecule has 106 valence electrons. The topological polar surface area (TPSA) is 69.6 Å². The number of hydrogen-bond acceptors (Lipinski definition) is 4. The normalized spacial score (nSPS) is 24.1. The minimum Gasteiger partial charge on any atom is -0.390 e. The van der Waals surface area contributed by atoms with E-state index >= 15 is 0 Å². The molecule has 19 heavy (non-hydrogen) atoms. The van der Waals surface area contributed by atoms with Crippen LogP contribution < -0.4 is 5.32 Å². The van der Waals surface area contributed by atoms with E-state index in [0.29, 0.717) is 13.1 Å². The van der Waals surface area contributed by atoms with Crippen molar-refractivity contribution >= 4 is 33.2 Å². The number of hydrogen-bond donors (Lipinski definition) is 2. The summed E-state index contributed by atoms with van der Waals surface area (Å²) in [5.41, 5.74) is 0. The summed E-state index contributed by atoms with van der Waals surface area (Å²) in [7, 11) is -2.37. The first-order valence-electron chi connectivity index (χ1n) is 5.66. The maximum Gasteiger partial charge on any atom is 0.244 e. The lowest BCUT2D eigenvalue weighted by atomic mass is 10.2. The zero-order chi connectivity index (χ0) is 14.2. The second kappa shape index (κ2) is 5.55. The summed E-state index contributed by atoms with van der Waals surface area (Å²) < 4.78 is 26.1. The zero-order valence-corrected chi connectivity index (χ0v) is 12.5. The predicted octanol–water partition coefficient (Wildman–Crippen LogP) is 0.947. The van der Waals surface area contributed by atoms with Gasteiger partial charge in [-0.2, -0.15) is 4.31 Å². The van der Waals surface area contributed by atoms with E-state index in [4.69, 9.17) is 23.2 Å². The Morgan fingerprint density at radius 3 is 2.63 bits per heavy atom. The molecule has 1 fully saturated rings. The second-order valence-electron chi connectivity index (χ2n) is 4.37. The standard InChI is InChI=1S/C11H14Cl2N2O3S/c1-15(8-5-14-6-9(8)16)19(17,18)10-4-2-3-7(12)11(10)13/h2-4,8-9,14,16H,5-6H2,1H3/t8-,9-/m1/s1. The quantitative estimate of drug-likeness (QED) is 0.868. The Morgan fingerprint density at radius 1 is 1.37 bits per heavy atom. The molecular formula is C11H14Cl2N2O3S. The van der Waals surface area contributed by atoms with E-state index in [1.54, 1.807) is 0 Å². The molecule has 0 unspecified atom stereocenters. The van der Waals surface area contributed by atoms with Crippen LogP contribution in [-0.4, -0.2) is 50.1 Å². The number of likely N-dealkylation sites (N-methyl/N-ethyl adjacent to an activating group) is 1. The third kappa shape index (κ3) is 2.74. The Balaban J connectivity index is 2.39. The zero-order valence-electron chi connectivity index (χ0n) is 10.2. The molecule has 2 atom stereocenters. The summed E-state index contributed by atoms with van der Waals surface area (Å²) in [4.78, 5) is -0.0525. The van der Waals surface area contributed by atoms with Crippen molar-refractivity contribution < 1.29 is 13.5 Å². The fraction of sp³-hybridized carbons (Fsp3) is 0.455. The van der Waals surface area contributed by atoms with Crippen molar-refractivity contribution in [2.75, 3.05) is 20.1 Å². The van der Waals surface area contributed by atoms with Gasteiger partial charge in [0.25, 0.3) is 0 Å². The van der Waals surface area contributed by atoms with Crippen molar-refractivity contribution in [3.05, 3.63) is 28.2 Å². The molecule has 1 saturated heterocycles. The van der Waals surface area contributed by atoms with Crippen molar-refractivity contribution in [1.82, 2.24) is 9.62 Å². The average molecular weight is 325 g/mol. The van der Waals surface area contributed by atoms with Gasteiger partial charge in [0, 0.05) is 20.1 Å². The van der Waals surface area contributed by atoms with E-state index in [2.05, 4.69) is 5.32 Å². The highest BCUT2D eigenvalue weighted by molar-refractivity contribution is 7.89. The molecule has 0 spiro atoms. The summed E-state index contributed by atoms with van der Waals surface area (Å²) in [6, 6.07) is 3.93. The van der Waals surface area contributed by atoms with Crippen molar-refractivity contribution in [3.8, 4) is 0 Å². The van der Waals surface area contributed by atoms with Crippen molar-refractivity contribution in [2.45, 2.75) is 17.0 Å². The number of β-amino-alcohol motifs (C(OH)–C–C–N with tert-alkyl or cyclic N) is 1. The summed E-state index contributed by atoms with van der Waals surface area (Å²) in [5.74, 6) is 0. The van der Waals surface area contributed by atoms with Gasteiger partial charge in [-0.05, 0) is 12.1 Å². The molecular weight excluding hydrogens is 311 g/mol. The molecule has 0 saturated carbocycles. The minimum atomic E-state index is -3.79. The Bertz CT molecular complexity index is 579. The lowest BCUT2D eigenvalue weighted by Crippen LogP contribution is -2.44.